The minimum Gasteiger partial charge on any atom is -0.397 e. The van der Waals surface area contributed by atoms with Crippen LogP contribution in [0.4, 0.5) is 5.69 Å². The number of aromatic nitrogens is 1. The minimum atomic E-state index is 0. The number of carbonyl (C=O) groups is 2. The molecule has 2 saturated heterocycles. The number of rotatable bonds is 6. The Balaban J connectivity index is 0.00000256. The van der Waals surface area contributed by atoms with Crippen LogP contribution in [0.5, 0.6) is 0 Å². The molecule has 0 atom stereocenters. The number of hydrogen-bond donors (Lipinski definition) is 1. The van der Waals surface area contributed by atoms with Gasteiger partial charge in [0.25, 0.3) is 0 Å². The zero-order chi connectivity index (χ0) is 20.2. The number of para-hydroxylation sites is 1. The average molecular weight is 433 g/mol. The monoisotopic (exact) mass is 432 g/mol. The van der Waals surface area contributed by atoms with Crippen molar-refractivity contribution in [3.63, 3.8) is 0 Å². The third-order valence-corrected chi connectivity index (χ3v) is 5.92. The van der Waals surface area contributed by atoms with E-state index in [-0.39, 0.29) is 36.7 Å². The summed E-state index contributed by atoms with van der Waals surface area (Å²) in [5.41, 5.74) is 8.90. The molecule has 0 aliphatic carbocycles. The lowest BCUT2D eigenvalue weighted by Crippen LogP contribution is -2.40. The summed E-state index contributed by atoms with van der Waals surface area (Å²) in [7, 11) is 0. The third kappa shape index (κ3) is 5.02. The predicted octanol–water partition coefficient (Wildman–Crippen LogP) is 2.58. The number of anilines is 1. The molecule has 2 fully saturated rings. The molecule has 1 aromatic heterocycles. The molecule has 30 heavy (non-hydrogen) atoms. The lowest BCUT2D eigenvalue weighted by Gasteiger charge is -2.32. The molecule has 0 unspecified atom stereocenters. The van der Waals surface area contributed by atoms with Crippen LogP contribution < -0.4 is 5.73 Å². The van der Waals surface area contributed by atoms with Crippen LogP contribution in [0.1, 0.15) is 37.3 Å². The van der Waals surface area contributed by atoms with Gasteiger partial charge in [-0.15, -0.1) is 12.4 Å². The average Bonchev–Trinajstić information content (AvgIpc) is 3.15. The summed E-state index contributed by atoms with van der Waals surface area (Å²) in [6.45, 7) is 3.22. The standard InChI is InChI=1S/C22H28N4O3.ClH/c23-18-14-17-4-1-2-5-19(17)24-22(18)16-7-10-26(11-8-16)21(28)15-29-13-12-25-9-3-6-20(25)27;/h1-2,4-5,14,16H,3,6-13,15,23H2;1H. The Kier molecular flexibility index (Phi) is 7.50. The van der Waals surface area contributed by atoms with E-state index >= 15 is 0 Å². The van der Waals surface area contributed by atoms with E-state index in [4.69, 9.17) is 15.5 Å². The molecule has 0 radical (unpaired) electrons. The van der Waals surface area contributed by atoms with Gasteiger partial charge in [0.2, 0.25) is 11.8 Å². The summed E-state index contributed by atoms with van der Waals surface area (Å²) in [5, 5.41) is 1.05. The number of halogens is 1. The summed E-state index contributed by atoms with van der Waals surface area (Å²) >= 11 is 0. The number of nitrogens with two attached hydrogens (primary N) is 1. The Morgan fingerprint density at radius 3 is 2.70 bits per heavy atom. The van der Waals surface area contributed by atoms with E-state index in [1.807, 2.05) is 35.2 Å². The number of amides is 2. The van der Waals surface area contributed by atoms with E-state index in [0.29, 0.717) is 32.7 Å². The second-order valence-electron chi connectivity index (χ2n) is 7.85. The van der Waals surface area contributed by atoms with Gasteiger partial charge in [-0.3, -0.25) is 14.6 Å². The Morgan fingerprint density at radius 1 is 1.20 bits per heavy atom. The van der Waals surface area contributed by atoms with Gasteiger partial charge in [0, 0.05) is 43.9 Å². The fraction of sp³-hybridized carbons (Fsp3) is 0.500. The Bertz CT molecular complexity index is 899. The summed E-state index contributed by atoms with van der Waals surface area (Å²) in [5.74, 6) is 0.463. The van der Waals surface area contributed by atoms with Crippen molar-refractivity contribution in [3.8, 4) is 0 Å². The number of nitrogens with zero attached hydrogens (tertiary/aromatic N) is 3. The van der Waals surface area contributed by atoms with Crippen LogP contribution >= 0.6 is 12.4 Å². The van der Waals surface area contributed by atoms with Gasteiger partial charge in [0.15, 0.2) is 0 Å². The van der Waals surface area contributed by atoms with Crippen LogP contribution in [-0.2, 0) is 14.3 Å². The van der Waals surface area contributed by atoms with Crippen molar-refractivity contribution >= 4 is 40.8 Å². The topological polar surface area (TPSA) is 88.8 Å². The fourth-order valence-corrected chi connectivity index (χ4v) is 4.24. The number of carbonyl (C=O) groups excluding carboxylic acids is 2. The van der Waals surface area contributed by atoms with Crippen LogP contribution in [0.15, 0.2) is 30.3 Å². The normalized spacial score (nSPS) is 17.4. The van der Waals surface area contributed by atoms with E-state index in [9.17, 15) is 9.59 Å². The summed E-state index contributed by atoms with van der Waals surface area (Å²) < 4.78 is 5.52. The number of pyridine rings is 1. The molecule has 1 aromatic carbocycles. The van der Waals surface area contributed by atoms with Crippen molar-refractivity contribution < 1.29 is 14.3 Å². The van der Waals surface area contributed by atoms with Crippen molar-refractivity contribution in [3.05, 3.63) is 36.0 Å². The molecular formula is C22H29ClN4O3. The molecule has 4 rings (SSSR count). The second kappa shape index (κ2) is 10.1. The van der Waals surface area contributed by atoms with Gasteiger partial charge in [-0.1, -0.05) is 18.2 Å². The maximum Gasteiger partial charge on any atom is 0.248 e. The zero-order valence-corrected chi connectivity index (χ0v) is 17.9. The molecule has 8 heteroatoms. The van der Waals surface area contributed by atoms with E-state index in [2.05, 4.69) is 0 Å². The van der Waals surface area contributed by atoms with E-state index in [1.165, 1.54) is 0 Å². The smallest absolute Gasteiger partial charge is 0.248 e. The maximum atomic E-state index is 12.4. The highest BCUT2D eigenvalue weighted by Crippen LogP contribution is 2.32. The molecule has 2 aromatic rings. The Labute approximate surface area is 183 Å². The maximum absolute atomic E-state index is 12.4. The molecule has 2 aliphatic rings. The summed E-state index contributed by atoms with van der Waals surface area (Å²) in [4.78, 5) is 32.4. The highest BCUT2D eigenvalue weighted by Gasteiger charge is 2.26. The van der Waals surface area contributed by atoms with Crippen molar-refractivity contribution in [1.29, 1.82) is 0 Å². The molecule has 0 spiro atoms. The summed E-state index contributed by atoms with van der Waals surface area (Å²) in [6.07, 6.45) is 3.25. The van der Waals surface area contributed by atoms with Crippen LogP contribution in [0.25, 0.3) is 10.9 Å². The number of ether oxygens (including phenoxy) is 1. The number of benzene rings is 1. The first-order chi connectivity index (χ1) is 14.1. The fourth-order valence-electron chi connectivity index (χ4n) is 4.24. The van der Waals surface area contributed by atoms with E-state index in [1.54, 1.807) is 4.90 Å². The first-order valence-electron chi connectivity index (χ1n) is 10.4. The van der Waals surface area contributed by atoms with Crippen molar-refractivity contribution in [2.75, 3.05) is 45.1 Å². The van der Waals surface area contributed by atoms with Gasteiger partial charge in [-0.25, -0.2) is 0 Å². The lowest BCUT2D eigenvalue weighted by molar-refractivity contribution is -0.137. The number of likely N-dealkylation sites (tertiary alicyclic amines) is 2. The van der Waals surface area contributed by atoms with Gasteiger partial charge in [-0.05, 0) is 31.4 Å². The molecule has 0 bridgehead atoms. The molecule has 2 amide bonds. The van der Waals surface area contributed by atoms with Crippen LogP contribution in [0, 0.1) is 0 Å². The van der Waals surface area contributed by atoms with Gasteiger partial charge in [-0.2, -0.15) is 0 Å². The highest BCUT2D eigenvalue weighted by atomic mass is 35.5. The highest BCUT2D eigenvalue weighted by molar-refractivity contribution is 5.85. The van der Waals surface area contributed by atoms with Gasteiger partial charge in [0.1, 0.15) is 6.61 Å². The molecule has 162 valence electrons. The Hall–Kier alpha value is -2.38. The minimum absolute atomic E-state index is 0. The quantitative estimate of drug-likeness (QED) is 0.708. The molecular weight excluding hydrogens is 404 g/mol. The molecule has 0 saturated carbocycles. The summed E-state index contributed by atoms with van der Waals surface area (Å²) in [6, 6.07) is 9.98. The van der Waals surface area contributed by atoms with Crippen LogP contribution in [0.3, 0.4) is 0 Å². The Morgan fingerprint density at radius 2 is 1.97 bits per heavy atom. The van der Waals surface area contributed by atoms with E-state index in [0.717, 1.165) is 48.1 Å². The van der Waals surface area contributed by atoms with E-state index < -0.39 is 0 Å². The lowest BCUT2D eigenvalue weighted by atomic mass is 9.91. The van der Waals surface area contributed by atoms with Gasteiger partial charge in [0.05, 0.1) is 23.5 Å². The van der Waals surface area contributed by atoms with Crippen molar-refractivity contribution in [2.45, 2.75) is 31.6 Å². The number of piperidine rings is 1. The van der Waals surface area contributed by atoms with Gasteiger partial charge < -0.3 is 20.3 Å². The van der Waals surface area contributed by atoms with Crippen LogP contribution in [0.2, 0.25) is 0 Å². The predicted molar refractivity (Wildman–Crippen MR) is 119 cm³/mol. The second-order valence-corrected chi connectivity index (χ2v) is 7.85. The third-order valence-electron chi connectivity index (χ3n) is 5.92. The SMILES string of the molecule is Cl.Nc1cc2ccccc2nc1C1CCN(C(=O)COCCN2CCCC2=O)CC1. The number of fused-ring (bicyclic) bond motifs is 1. The van der Waals surface area contributed by atoms with Crippen molar-refractivity contribution in [1.82, 2.24) is 14.8 Å². The van der Waals surface area contributed by atoms with Crippen molar-refractivity contribution in [2.24, 2.45) is 0 Å². The number of nitrogen functional groups attached to an aromatic ring is 1. The molecule has 3 heterocycles. The first-order valence-corrected chi connectivity index (χ1v) is 10.4. The largest absolute Gasteiger partial charge is 0.397 e. The van der Waals surface area contributed by atoms with Crippen LogP contribution in [-0.4, -0.2) is 66.0 Å². The molecule has 7 nitrogen and oxygen atoms in total. The van der Waals surface area contributed by atoms with Gasteiger partial charge >= 0.3 is 0 Å². The first kappa shape index (κ1) is 22.3. The zero-order valence-electron chi connectivity index (χ0n) is 17.1. The molecule has 2 N–H and O–H groups in total. The number of hydrogen-bond acceptors (Lipinski definition) is 5. The molecule has 2 aliphatic heterocycles.